The summed E-state index contributed by atoms with van der Waals surface area (Å²) in [6.45, 7) is 6.11. The second kappa shape index (κ2) is 6.60. The molecular formula is C17H23N5O2. The second-order valence-electron chi connectivity index (χ2n) is 6.36. The largest absolute Gasteiger partial charge is 0.494 e. The number of aryl methyl sites for hydroxylation is 1. The highest BCUT2D eigenvalue weighted by atomic mass is 16.5. The molecule has 24 heavy (non-hydrogen) atoms. The number of benzene rings is 1. The van der Waals surface area contributed by atoms with Crippen molar-refractivity contribution in [2.75, 3.05) is 12.4 Å². The van der Waals surface area contributed by atoms with Crippen molar-refractivity contribution in [3.8, 4) is 5.75 Å². The van der Waals surface area contributed by atoms with Gasteiger partial charge >= 0.3 is 0 Å². The molecular weight excluding hydrogens is 306 g/mol. The van der Waals surface area contributed by atoms with Gasteiger partial charge in [0.25, 0.3) is 0 Å². The summed E-state index contributed by atoms with van der Waals surface area (Å²) in [5.41, 5.74) is 1.60. The lowest BCUT2D eigenvalue weighted by Crippen LogP contribution is -2.61. The summed E-state index contributed by atoms with van der Waals surface area (Å²) in [5.74, 6) is 1.52. The number of hydrogen-bond donors (Lipinski definition) is 3. The minimum Gasteiger partial charge on any atom is -0.494 e. The predicted molar refractivity (Wildman–Crippen MR) is 92.8 cm³/mol. The van der Waals surface area contributed by atoms with Crippen molar-refractivity contribution in [1.29, 1.82) is 0 Å². The standard InChI is InChI=1S/C17H23N5O2/c1-9(2)12-8-14(23)20-17(19-12)22-16-18-10(3)11-6-5-7-13(24-4)15(11)21-16/h5-7,9,12,17,19H,8H2,1-4H3,(H,20,23)(H,18,21,22). The molecule has 3 N–H and O–H groups in total. The third kappa shape index (κ3) is 3.26. The number of carbonyl (C=O) groups excluding carboxylic acids is 1. The van der Waals surface area contributed by atoms with Crippen LogP contribution in [0.2, 0.25) is 0 Å². The average Bonchev–Trinajstić information content (AvgIpc) is 2.53. The Kier molecular flexibility index (Phi) is 4.53. The maximum atomic E-state index is 11.9. The highest BCUT2D eigenvalue weighted by Gasteiger charge is 2.28. The summed E-state index contributed by atoms with van der Waals surface area (Å²) < 4.78 is 5.39. The van der Waals surface area contributed by atoms with Gasteiger partial charge in [0.2, 0.25) is 11.9 Å². The topological polar surface area (TPSA) is 88.2 Å². The number of nitrogens with one attached hydrogen (secondary N) is 3. The van der Waals surface area contributed by atoms with Crippen LogP contribution in [0.25, 0.3) is 10.9 Å². The molecule has 0 spiro atoms. The van der Waals surface area contributed by atoms with Gasteiger partial charge in [0.05, 0.1) is 12.8 Å². The van der Waals surface area contributed by atoms with Gasteiger partial charge in [0.15, 0.2) is 6.29 Å². The molecule has 1 aromatic carbocycles. The van der Waals surface area contributed by atoms with E-state index in [9.17, 15) is 4.79 Å². The highest BCUT2D eigenvalue weighted by Crippen LogP contribution is 2.26. The van der Waals surface area contributed by atoms with E-state index >= 15 is 0 Å². The Bertz CT molecular complexity index is 762. The van der Waals surface area contributed by atoms with Crippen molar-refractivity contribution >= 4 is 22.8 Å². The molecule has 1 fully saturated rings. The van der Waals surface area contributed by atoms with E-state index in [1.807, 2.05) is 25.1 Å². The van der Waals surface area contributed by atoms with Crippen LogP contribution in [0.4, 0.5) is 5.95 Å². The highest BCUT2D eigenvalue weighted by molar-refractivity contribution is 5.87. The maximum absolute atomic E-state index is 11.9. The van der Waals surface area contributed by atoms with Gasteiger partial charge in [0.1, 0.15) is 11.3 Å². The predicted octanol–water partition coefficient (Wildman–Crippen LogP) is 1.78. The first-order valence-electron chi connectivity index (χ1n) is 8.11. The van der Waals surface area contributed by atoms with Gasteiger partial charge in [-0.2, -0.15) is 0 Å². The first-order valence-corrected chi connectivity index (χ1v) is 8.11. The maximum Gasteiger partial charge on any atom is 0.226 e. The van der Waals surface area contributed by atoms with Crippen molar-refractivity contribution in [2.45, 2.75) is 39.5 Å². The fourth-order valence-electron chi connectivity index (χ4n) is 2.88. The normalized spacial score (nSPS) is 21.0. The van der Waals surface area contributed by atoms with Crippen molar-refractivity contribution in [1.82, 2.24) is 20.6 Å². The summed E-state index contributed by atoms with van der Waals surface area (Å²) in [5, 5.41) is 10.4. The van der Waals surface area contributed by atoms with Crippen LogP contribution in [0.5, 0.6) is 5.75 Å². The fourth-order valence-corrected chi connectivity index (χ4v) is 2.88. The van der Waals surface area contributed by atoms with Crippen molar-refractivity contribution in [3.63, 3.8) is 0 Å². The van der Waals surface area contributed by atoms with Crippen LogP contribution in [-0.4, -0.2) is 35.3 Å². The van der Waals surface area contributed by atoms with Gasteiger partial charge in [-0.15, -0.1) is 0 Å². The number of amides is 1. The molecule has 0 aliphatic carbocycles. The number of ether oxygens (including phenoxy) is 1. The van der Waals surface area contributed by atoms with Gasteiger partial charge in [-0.05, 0) is 18.9 Å². The minimum absolute atomic E-state index is 0.0139. The molecule has 2 unspecified atom stereocenters. The van der Waals surface area contributed by atoms with Crippen molar-refractivity contribution < 1.29 is 9.53 Å². The smallest absolute Gasteiger partial charge is 0.226 e. The molecule has 3 rings (SSSR count). The molecule has 2 atom stereocenters. The molecule has 1 amide bonds. The molecule has 2 aromatic rings. The Morgan fingerprint density at radius 1 is 1.33 bits per heavy atom. The molecule has 1 aliphatic rings. The number of rotatable bonds is 4. The molecule has 0 saturated carbocycles. The second-order valence-corrected chi connectivity index (χ2v) is 6.36. The number of aromatic nitrogens is 2. The summed E-state index contributed by atoms with van der Waals surface area (Å²) in [7, 11) is 1.62. The molecule has 1 saturated heterocycles. The molecule has 0 radical (unpaired) electrons. The quantitative estimate of drug-likeness (QED) is 0.792. The van der Waals surface area contributed by atoms with E-state index < -0.39 is 6.29 Å². The Morgan fingerprint density at radius 3 is 2.83 bits per heavy atom. The number of nitrogens with zero attached hydrogens (tertiary/aromatic N) is 2. The summed E-state index contributed by atoms with van der Waals surface area (Å²) >= 11 is 0. The third-order valence-corrected chi connectivity index (χ3v) is 4.27. The zero-order valence-electron chi connectivity index (χ0n) is 14.4. The molecule has 128 valence electrons. The van der Waals surface area contributed by atoms with E-state index in [0.717, 1.165) is 16.6 Å². The molecule has 1 aromatic heterocycles. The zero-order chi connectivity index (χ0) is 17.3. The first-order chi connectivity index (χ1) is 11.5. The van der Waals surface area contributed by atoms with E-state index in [2.05, 4.69) is 39.8 Å². The minimum atomic E-state index is -0.398. The van der Waals surface area contributed by atoms with Crippen molar-refractivity contribution in [3.05, 3.63) is 23.9 Å². The number of anilines is 1. The van der Waals surface area contributed by atoms with Gasteiger partial charge < -0.3 is 15.4 Å². The summed E-state index contributed by atoms with van der Waals surface area (Å²) in [4.78, 5) is 21.0. The van der Waals surface area contributed by atoms with E-state index in [1.165, 1.54) is 0 Å². The number of methoxy groups -OCH3 is 1. The van der Waals surface area contributed by atoms with E-state index in [1.54, 1.807) is 7.11 Å². The van der Waals surface area contributed by atoms with Gasteiger partial charge in [-0.3, -0.25) is 10.1 Å². The molecule has 1 aliphatic heterocycles. The Balaban J connectivity index is 1.88. The van der Waals surface area contributed by atoms with Gasteiger partial charge in [0, 0.05) is 17.8 Å². The average molecular weight is 329 g/mol. The van der Waals surface area contributed by atoms with Crippen LogP contribution < -0.4 is 20.7 Å². The lowest BCUT2D eigenvalue weighted by atomic mass is 9.99. The molecule has 2 heterocycles. The number of para-hydroxylation sites is 1. The van der Waals surface area contributed by atoms with Gasteiger partial charge in [-0.1, -0.05) is 26.0 Å². The summed E-state index contributed by atoms with van der Waals surface area (Å²) in [6.07, 6.45) is 0.0755. The van der Waals surface area contributed by atoms with E-state index in [0.29, 0.717) is 24.0 Å². The fraction of sp³-hybridized carbons (Fsp3) is 0.471. The first kappa shape index (κ1) is 16.4. The number of carbonyl (C=O) groups is 1. The Morgan fingerprint density at radius 2 is 2.12 bits per heavy atom. The van der Waals surface area contributed by atoms with Crippen molar-refractivity contribution in [2.24, 2.45) is 5.92 Å². The van der Waals surface area contributed by atoms with Crippen LogP contribution in [0.3, 0.4) is 0 Å². The van der Waals surface area contributed by atoms with Crippen LogP contribution in [0.15, 0.2) is 18.2 Å². The third-order valence-electron chi connectivity index (χ3n) is 4.27. The van der Waals surface area contributed by atoms with Crippen LogP contribution in [-0.2, 0) is 4.79 Å². The lowest BCUT2D eigenvalue weighted by molar-refractivity contribution is -0.124. The number of hydrogen-bond acceptors (Lipinski definition) is 6. The molecule has 7 nitrogen and oxygen atoms in total. The Labute approximate surface area is 141 Å². The Hall–Kier alpha value is -2.41. The van der Waals surface area contributed by atoms with Crippen LogP contribution in [0, 0.1) is 12.8 Å². The molecule has 7 heteroatoms. The van der Waals surface area contributed by atoms with Crippen LogP contribution >= 0.6 is 0 Å². The molecule has 0 bridgehead atoms. The van der Waals surface area contributed by atoms with E-state index in [-0.39, 0.29) is 11.9 Å². The van der Waals surface area contributed by atoms with Gasteiger partial charge in [-0.25, -0.2) is 9.97 Å². The SMILES string of the molecule is COc1cccc2c(C)nc(NC3NC(=O)CC(C(C)C)N3)nc12. The number of fused-ring (bicyclic) bond motifs is 1. The van der Waals surface area contributed by atoms with Crippen LogP contribution in [0.1, 0.15) is 26.0 Å². The monoisotopic (exact) mass is 329 g/mol. The zero-order valence-corrected chi connectivity index (χ0v) is 14.4. The summed E-state index contributed by atoms with van der Waals surface area (Å²) in [6, 6.07) is 5.87. The lowest BCUT2D eigenvalue weighted by Gasteiger charge is -2.34. The van der Waals surface area contributed by atoms with E-state index in [4.69, 9.17) is 4.74 Å².